The molecule has 4 rings (SSSR count). The fraction of sp³-hybridized carbons (Fsp3) is 0.400. The van der Waals surface area contributed by atoms with Crippen LogP contribution in [0.25, 0.3) is 0 Å². The summed E-state index contributed by atoms with van der Waals surface area (Å²) in [4.78, 5) is 41.6. The van der Waals surface area contributed by atoms with Crippen molar-refractivity contribution in [2.24, 2.45) is 11.3 Å². The Morgan fingerprint density at radius 3 is 2.35 bits per heavy atom. The number of fused-ring (bicyclic) bond motifs is 2. The van der Waals surface area contributed by atoms with Crippen molar-refractivity contribution < 1.29 is 19.2 Å². The molecule has 3 aliphatic rings. The van der Waals surface area contributed by atoms with Crippen LogP contribution in [0, 0.1) is 11.3 Å². The fourth-order valence-corrected chi connectivity index (χ4v) is 3.51. The average molecular weight is 271 g/mol. The first-order chi connectivity index (χ1) is 9.63. The van der Waals surface area contributed by atoms with Gasteiger partial charge in [-0.1, -0.05) is 23.6 Å². The zero-order valence-corrected chi connectivity index (χ0v) is 10.8. The number of amides is 2. The molecule has 5 nitrogen and oxygen atoms in total. The standard InChI is InChI=1S/C15H13NO4/c17-12-10-5-1-2-6-11(10)13(18)16(12)20-14(19)15-7-3-4-9(15)8-15/h1-2,5-6,9H,3-4,7-8H2/t9-,15-/m1/s1. The van der Waals surface area contributed by atoms with Crippen LogP contribution in [0.2, 0.25) is 0 Å². The third-order valence-electron chi connectivity index (χ3n) is 4.74. The van der Waals surface area contributed by atoms with Gasteiger partial charge in [0, 0.05) is 0 Å². The summed E-state index contributed by atoms with van der Waals surface area (Å²) in [6.45, 7) is 0. The van der Waals surface area contributed by atoms with E-state index in [9.17, 15) is 14.4 Å². The van der Waals surface area contributed by atoms with Crippen molar-refractivity contribution in [1.82, 2.24) is 5.06 Å². The highest BCUT2D eigenvalue weighted by atomic mass is 16.7. The first kappa shape index (κ1) is 11.6. The first-order valence-corrected chi connectivity index (χ1v) is 6.84. The van der Waals surface area contributed by atoms with Crippen molar-refractivity contribution in [3.05, 3.63) is 35.4 Å². The number of carbonyl (C=O) groups is 3. The molecule has 102 valence electrons. The second-order valence-corrected chi connectivity index (χ2v) is 5.78. The van der Waals surface area contributed by atoms with Crippen molar-refractivity contribution in [1.29, 1.82) is 0 Å². The molecule has 0 saturated heterocycles. The molecule has 0 N–H and O–H groups in total. The predicted molar refractivity (Wildman–Crippen MR) is 67.4 cm³/mol. The summed E-state index contributed by atoms with van der Waals surface area (Å²) in [6.07, 6.45) is 3.69. The van der Waals surface area contributed by atoms with Crippen molar-refractivity contribution in [3.63, 3.8) is 0 Å². The average Bonchev–Trinajstić information content (AvgIpc) is 2.95. The third-order valence-corrected chi connectivity index (χ3v) is 4.74. The molecule has 1 aromatic carbocycles. The summed E-state index contributed by atoms with van der Waals surface area (Å²) in [5.74, 6) is -1.14. The lowest BCUT2D eigenvalue weighted by Gasteiger charge is -2.16. The molecular formula is C15H13NO4. The van der Waals surface area contributed by atoms with E-state index < -0.39 is 23.2 Å². The van der Waals surface area contributed by atoms with Crippen molar-refractivity contribution in [3.8, 4) is 0 Å². The summed E-state index contributed by atoms with van der Waals surface area (Å²) in [7, 11) is 0. The van der Waals surface area contributed by atoms with Gasteiger partial charge in [0.15, 0.2) is 0 Å². The SMILES string of the molecule is O=C1c2ccccc2C(=O)N1OC(=O)[C@@]12CCC[C@@H]1C2. The second kappa shape index (κ2) is 3.69. The van der Waals surface area contributed by atoms with Crippen molar-refractivity contribution >= 4 is 17.8 Å². The van der Waals surface area contributed by atoms with Crippen LogP contribution >= 0.6 is 0 Å². The molecule has 2 atom stereocenters. The van der Waals surface area contributed by atoms with Gasteiger partial charge in [0.2, 0.25) is 0 Å². The highest BCUT2D eigenvalue weighted by Crippen LogP contribution is 2.64. The molecule has 0 radical (unpaired) electrons. The second-order valence-electron chi connectivity index (χ2n) is 5.78. The maximum Gasteiger partial charge on any atom is 0.339 e. The lowest BCUT2D eigenvalue weighted by Crippen LogP contribution is -2.35. The molecule has 0 unspecified atom stereocenters. The molecule has 2 aliphatic carbocycles. The number of hydrogen-bond donors (Lipinski definition) is 0. The van der Waals surface area contributed by atoms with E-state index in [2.05, 4.69) is 0 Å². The molecule has 1 aromatic rings. The van der Waals surface area contributed by atoms with Gasteiger partial charge in [0.1, 0.15) is 0 Å². The normalized spacial score (nSPS) is 30.2. The number of carbonyl (C=O) groups excluding carboxylic acids is 3. The number of nitrogens with zero attached hydrogens (tertiary/aromatic N) is 1. The molecule has 2 amide bonds. The molecule has 20 heavy (non-hydrogen) atoms. The molecule has 0 bridgehead atoms. The van der Waals surface area contributed by atoms with Crippen molar-refractivity contribution in [2.45, 2.75) is 25.7 Å². The molecule has 5 heteroatoms. The lowest BCUT2D eigenvalue weighted by atomic mass is 10.1. The van der Waals surface area contributed by atoms with Gasteiger partial charge in [-0.15, -0.1) is 0 Å². The predicted octanol–water partition coefficient (Wildman–Crippen LogP) is 1.93. The smallest absolute Gasteiger partial charge is 0.329 e. The van der Waals surface area contributed by atoms with E-state index in [1.807, 2.05) is 0 Å². The zero-order chi connectivity index (χ0) is 13.9. The number of hydrogen-bond acceptors (Lipinski definition) is 4. The van der Waals surface area contributed by atoms with Gasteiger partial charge in [-0.2, -0.15) is 0 Å². The van der Waals surface area contributed by atoms with Gasteiger partial charge < -0.3 is 4.84 Å². The topological polar surface area (TPSA) is 63.7 Å². The molecule has 1 heterocycles. The Hall–Kier alpha value is -2.17. The van der Waals surface area contributed by atoms with Crippen molar-refractivity contribution in [2.75, 3.05) is 0 Å². The van der Waals surface area contributed by atoms with Crippen LogP contribution in [0.5, 0.6) is 0 Å². The minimum atomic E-state index is -0.550. The quantitative estimate of drug-likeness (QED) is 0.771. The van der Waals surface area contributed by atoms with E-state index in [1.54, 1.807) is 24.3 Å². The van der Waals surface area contributed by atoms with Crippen LogP contribution in [-0.2, 0) is 9.63 Å². The summed E-state index contributed by atoms with van der Waals surface area (Å²) in [6, 6.07) is 6.50. The molecule has 1 aliphatic heterocycles. The Labute approximate surface area is 115 Å². The first-order valence-electron chi connectivity index (χ1n) is 6.84. The molecular weight excluding hydrogens is 258 g/mol. The Bertz CT molecular complexity index is 618. The maximum atomic E-state index is 12.2. The van der Waals surface area contributed by atoms with E-state index in [1.165, 1.54) is 0 Å². The lowest BCUT2D eigenvalue weighted by molar-refractivity contribution is -0.175. The summed E-state index contributed by atoms with van der Waals surface area (Å²) < 4.78 is 0. The molecule has 2 fully saturated rings. The van der Waals surface area contributed by atoms with Crippen LogP contribution in [0.15, 0.2) is 24.3 Å². The number of hydroxylamine groups is 2. The number of imide groups is 1. The Morgan fingerprint density at radius 1 is 1.20 bits per heavy atom. The molecule has 0 aromatic heterocycles. The van der Waals surface area contributed by atoms with Crippen LogP contribution in [0.1, 0.15) is 46.4 Å². The van der Waals surface area contributed by atoms with Crippen LogP contribution in [-0.4, -0.2) is 22.8 Å². The van der Waals surface area contributed by atoms with Gasteiger partial charge >= 0.3 is 5.97 Å². The fourth-order valence-electron chi connectivity index (χ4n) is 3.51. The van der Waals surface area contributed by atoms with E-state index in [4.69, 9.17) is 4.84 Å². The Balaban J connectivity index is 1.58. The molecule has 2 saturated carbocycles. The Kier molecular flexibility index (Phi) is 2.14. The summed E-state index contributed by atoms with van der Waals surface area (Å²) in [5.41, 5.74) is 0.165. The minimum absolute atomic E-state index is 0.293. The highest BCUT2D eigenvalue weighted by Gasteiger charge is 2.64. The van der Waals surface area contributed by atoms with Crippen LogP contribution < -0.4 is 0 Å². The highest BCUT2D eigenvalue weighted by molar-refractivity contribution is 6.20. The summed E-state index contributed by atoms with van der Waals surface area (Å²) in [5, 5.41) is 0.620. The summed E-state index contributed by atoms with van der Waals surface area (Å²) >= 11 is 0. The van der Waals surface area contributed by atoms with Gasteiger partial charge in [0.05, 0.1) is 16.5 Å². The van der Waals surface area contributed by atoms with Crippen LogP contribution in [0.3, 0.4) is 0 Å². The van der Waals surface area contributed by atoms with Gasteiger partial charge in [-0.25, -0.2) is 4.79 Å². The van der Waals surface area contributed by atoms with Gasteiger partial charge in [-0.3, -0.25) is 9.59 Å². The van der Waals surface area contributed by atoms with E-state index >= 15 is 0 Å². The third kappa shape index (κ3) is 1.35. The molecule has 0 spiro atoms. The maximum absolute atomic E-state index is 12.2. The number of rotatable bonds is 2. The van der Waals surface area contributed by atoms with Gasteiger partial charge in [-0.05, 0) is 37.3 Å². The van der Waals surface area contributed by atoms with E-state index in [0.29, 0.717) is 22.1 Å². The van der Waals surface area contributed by atoms with E-state index in [0.717, 1.165) is 25.7 Å². The zero-order valence-electron chi connectivity index (χ0n) is 10.8. The van der Waals surface area contributed by atoms with E-state index in [-0.39, 0.29) is 0 Å². The number of benzene rings is 1. The largest absolute Gasteiger partial charge is 0.339 e. The monoisotopic (exact) mass is 271 g/mol. The van der Waals surface area contributed by atoms with Gasteiger partial charge in [0.25, 0.3) is 11.8 Å². The van der Waals surface area contributed by atoms with Crippen LogP contribution in [0.4, 0.5) is 0 Å². The minimum Gasteiger partial charge on any atom is -0.329 e. The Morgan fingerprint density at radius 2 is 1.85 bits per heavy atom.